The minimum Gasteiger partial charge on any atom is -0.322 e. The molecule has 0 bridgehead atoms. The molecule has 0 aliphatic heterocycles. The van der Waals surface area contributed by atoms with Crippen LogP contribution in [0.1, 0.15) is 21.5 Å². The van der Waals surface area contributed by atoms with Gasteiger partial charge in [-0.1, -0.05) is 39.7 Å². The van der Waals surface area contributed by atoms with Crippen molar-refractivity contribution in [2.24, 2.45) is 0 Å². The van der Waals surface area contributed by atoms with Crippen LogP contribution in [-0.2, 0) is 5.33 Å². The molecule has 0 unspecified atom stereocenters. The van der Waals surface area contributed by atoms with Gasteiger partial charge in [-0.05, 0) is 52.7 Å². The monoisotopic (exact) mass is 381 g/mol. The van der Waals surface area contributed by atoms with E-state index in [0.717, 1.165) is 26.6 Å². The van der Waals surface area contributed by atoms with Gasteiger partial charge in [-0.2, -0.15) is 0 Å². The molecule has 0 spiro atoms. The molecule has 0 saturated carbocycles. The first kappa shape index (κ1) is 14.3. The third-order valence-electron chi connectivity index (χ3n) is 2.71. The number of hydrogen-bond acceptors (Lipinski definition) is 1. The van der Waals surface area contributed by atoms with Gasteiger partial charge in [0.25, 0.3) is 5.91 Å². The maximum atomic E-state index is 12.2. The molecule has 98 valence electrons. The smallest absolute Gasteiger partial charge is 0.256 e. The fourth-order valence-electron chi connectivity index (χ4n) is 1.74. The van der Waals surface area contributed by atoms with E-state index in [1.807, 2.05) is 49.4 Å². The summed E-state index contributed by atoms with van der Waals surface area (Å²) in [4.78, 5) is 12.2. The molecule has 0 aliphatic rings. The van der Waals surface area contributed by atoms with Crippen LogP contribution in [0.5, 0.6) is 0 Å². The van der Waals surface area contributed by atoms with Crippen LogP contribution in [0.15, 0.2) is 46.9 Å². The third kappa shape index (κ3) is 3.67. The van der Waals surface area contributed by atoms with Crippen LogP contribution in [0.3, 0.4) is 0 Å². The van der Waals surface area contributed by atoms with Crippen LogP contribution in [0, 0.1) is 6.92 Å². The lowest BCUT2D eigenvalue weighted by Gasteiger charge is -2.08. The summed E-state index contributed by atoms with van der Waals surface area (Å²) in [5.41, 5.74) is 3.63. The van der Waals surface area contributed by atoms with E-state index in [1.54, 1.807) is 0 Å². The second-order valence-electron chi connectivity index (χ2n) is 4.27. The molecule has 0 saturated heterocycles. The Kier molecular flexibility index (Phi) is 4.77. The molecule has 0 aromatic heterocycles. The lowest BCUT2D eigenvalue weighted by atomic mass is 10.1. The number of nitrogens with one attached hydrogen (secondary N) is 1. The number of rotatable bonds is 3. The largest absolute Gasteiger partial charge is 0.322 e. The number of aryl methyl sites for hydroxylation is 1. The van der Waals surface area contributed by atoms with Crippen molar-refractivity contribution in [2.45, 2.75) is 12.3 Å². The first-order valence-electron chi connectivity index (χ1n) is 5.82. The average Bonchev–Trinajstić information content (AvgIpc) is 2.41. The highest BCUT2D eigenvalue weighted by molar-refractivity contribution is 9.10. The van der Waals surface area contributed by atoms with Crippen molar-refractivity contribution < 1.29 is 4.79 Å². The fraction of sp³-hybridized carbons (Fsp3) is 0.133. The summed E-state index contributed by atoms with van der Waals surface area (Å²) >= 11 is 6.81. The van der Waals surface area contributed by atoms with Gasteiger partial charge in [0.15, 0.2) is 0 Å². The minimum atomic E-state index is -0.109. The van der Waals surface area contributed by atoms with Gasteiger partial charge in [-0.25, -0.2) is 0 Å². The molecule has 4 heteroatoms. The van der Waals surface area contributed by atoms with E-state index >= 15 is 0 Å². The maximum absolute atomic E-state index is 12.2. The zero-order chi connectivity index (χ0) is 13.8. The second kappa shape index (κ2) is 6.35. The third-order valence-corrected chi connectivity index (χ3v) is 4.04. The SMILES string of the molecule is Cc1ccc(Br)c(C(=O)Nc2cccc(CBr)c2)c1. The van der Waals surface area contributed by atoms with Crippen molar-refractivity contribution in [1.82, 2.24) is 0 Å². The van der Waals surface area contributed by atoms with Crippen LogP contribution < -0.4 is 5.32 Å². The summed E-state index contributed by atoms with van der Waals surface area (Å²) in [7, 11) is 0. The zero-order valence-corrected chi connectivity index (χ0v) is 13.6. The predicted molar refractivity (Wildman–Crippen MR) is 85.9 cm³/mol. The average molecular weight is 383 g/mol. The van der Waals surface area contributed by atoms with Crippen molar-refractivity contribution in [2.75, 3.05) is 5.32 Å². The Labute approximate surface area is 129 Å². The molecule has 2 nitrogen and oxygen atoms in total. The highest BCUT2D eigenvalue weighted by Crippen LogP contribution is 2.20. The van der Waals surface area contributed by atoms with Crippen molar-refractivity contribution in [3.8, 4) is 0 Å². The van der Waals surface area contributed by atoms with E-state index in [9.17, 15) is 4.79 Å². The molecule has 0 aliphatic carbocycles. The molecular formula is C15H13Br2NO. The van der Waals surface area contributed by atoms with Crippen molar-refractivity contribution in [3.63, 3.8) is 0 Å². The number of carbonyl (C=O) groups is 1. The Balaban J connectivity index is 2.23. The van der Waals surface area contributed by atoms with Gasteiger partial charge in [0.1, 0.15) is 0 Å². The standard InChI is InChI=1S/C15H13Br2NO/c1-10-5-6-14(17)13(7-10)15(19)18-12-4-2-3-11(8-12)9-16/h2-8H,9H2,1H3,(H,18,19). The molecule has 2 aromatic carbocycles. The topological polar surface area (TPSA) is 29.1 Å². The summed E-state index contributed by atoms with van der Waals surface area (Å²) in [6.07, 6.45) is 0. The molecule has 1 N–H and O–H groups in total. The molecule has 0 fully saturated rings. The first-order chi connectivity index (χ1) is 9.10. The molecular weight excluding hydrogens is 370 g/mol. The Morgan fingerprint density at radius 1 is 1.21 bits per heavy atom. The van der Waals surface area contributed by atoms with E-state index in [2.05, 4.69) is 37.2 Å². The van der Waals surface area contributed by atoms with Gasteiger partial charge in [0, 0.05) is 15.5 Å². The summed E-state index contributed by atoms with van der Waals surface area (Å²) in [5.74, 6) is -0.109. The van der Waals surface area contributed by atoms with Crippen molar-refractivity contribution >= 4 is 43.5 Å². The van der Waals surface area contributed by atoms with Gasteiger partial charge in [0.2, 0.25) is 0 Å². The lowest BCUT2D eigenvalue weighted by molar-refractivity contribution is 0.102. The lowest BCUT2D eigenvalue weighted by Crippen LogP contribution is -2.12. The number of carbonyl (C=O) groups excluding carboxylic acids is 1. The minimum absolute atomic E-state index is 0.109. The fourth-order valence-corrected chi connectivity index (χ4v) is 2.52. The normalized spacial score (nSPS) is 10.3. The van der Waals surface area contributed by atoms with E-state index in [-0.39, 0.29) is 5.91 Å². The highest BCUT2D eigenvalue weighted by Gasteiger charge is 2.10. The summed E-state index contributed by atoms with van der Waals surface area (Å²) in [6.45, 7) is 1.97. The quantitative estimate of drug-likeness (QED) is 0.751. The van der Waals surface area contributed by atoms with E-state index in [0.29, 0.717) is 5.56 Å². The van der Waals surface area contributed by atoms with Crippen LogP contribution in [0.25, 0.3) is 0 Å². The number of anilines is 1. The Morgan fingerprint density at radius 3 is 2.74 bits per heavy atom. The molecule has 0 atom stereocenters. The molecule has 2 rings (SSSR count). The maximum Gasteiger partial charge on any atom is 0.256 e. The summed E-state index contributed by atoms with van der Waals surface area (Å²) in [6, 6.07) is 13.5. The number of alkyl halides is 1. The summed E-state index contributed by atoms with van der Waals surface area (Å²) in [5, 5.41) is 3.68. The molecule has 1 amide bonds. The van der Waals surface area contributed by atoms with Crippen LogP contribution in [-0.4, -0.2) is 5.91 Å². The molecule has 0 heterocycles. The number of benzene rings is 2. The second-order valence-corrected chi connectivity index (χ2v) is 5.69. The van der Waals surface area contributed by atoms with Gasteiger partial charge >= 0.3 is 0 Å². The van der Waals surface area contributed by atoms with E-state index in [4.69, 9.17) is 0 Å². The van der Waals surface area contributed by atoms with E-state index < -0.39 is 0 Å². The number of halogens is 2. The van der Waals surface area contributed by atoms with Crippen LogP contribution in [0.4, 0.5) is 5.69 Å². The predicted octanol–water partition coefficient (Wildman–Crippen LogP) is 4.90. The van der Waals surface area contributed by atoms with Crippen molar-refractivity contribution in [3.05, 3.63) is 63.6 Å². The van der Waals surface area contributed by atoms with Gasteiger partial charge in [0.05, 0.1) is 5.56 Å². The van der Waals surface area contributed by atoms with Crippen LogP contribution >= 0.6 is 31.9 Å². The molecule has 2 aromatic rings. The Hall–Kier alpha value is -1.13. The van der Waals surface area contributed by atoms with Gasteiger partial charge in [-0.15, -0.1) is 0 Å². The highest BCUT2D eigenvalue weighted by atomic mass is 79.9. The first-order valence-corrected chi connectivity index (χ1v) is 7.74. The van der Waals surface area contributed by atoms with Gasteiger partial charge in [-0.3, -0.25) is 4.79 Å². The van der Waals surface area contributed by atoms with E-state index in [1.165, 1.54) is 0 Å². The van der Waals surface area contributed by atoms with Crippen molar-refractivity contribution in [1.29, 1.82) is 0 Å². The molecule has 19 heavy (non-hydrogen) atoms. The van der Waals surface area contributed by atoms with Gasteiger partial charge < -0.3 is 5.32 Å². The van der Waals surface area contributed by atoms with Crippen LogP contribution in [0.2, 0.25) is 0 Å². The number of amides is 1. The number of hydrogen-bond donors (Lipinski definition) is 1. The molecule has 0 radical (unpaired) electrons. The summed E-state index contributed by atoms with van der Waals surface area (Å²) < 4.78 is 0.798. The Bertz CT molecular complexity index is 611. The Morgan fingerprint density at radius 2 is 2.00 bits per heavy atom. The zero-order valence-electron chi connectivity index (χ0n) is 10.4.